The number of ether oxygens (including phenoxy) is 1. The predicted molar refractivity (Wildman–Crippen MR) is 78.8 cm³/mol. The third-order valence-corrected chi connectivity index (χ3v) is 4.13. The molecule has 0 spiro atoms. The van der Waals surface area contributed by atoms with Gasteiger partial charge in [-0.2, -0.15) is 0 Å². The molecule has 7 heteroatoms. The van der Waals surface area contributed by atoms with Gasteiger partial charge >= 0.3 is 5.97 Å². The number of aliphatic carboxylic acids is 1. The number of nitrogens with one attached hydrogen (secondary N) is 1. The molecule has 2 N–H and O–H groups in total. The van der Waals surface area contributed by atoms with E-state index in [0.29, 0.717) is 38.0 Å². The maximum atomic E-state index is 12.5. The fourth-order valence-electron chi connectivity index (χ4n) is 2.81. The second kappa shape index (κ2) is 6.74. The maximum absolute atomic E-state index is 12.5. The summed E-state index contributed by atoms with van der Waals surface area (Å²) in [5.74, 6) is -1.16. The van der Waals surface area contributed by atoms with Gasteiger partial charge in [0.2, 0.25) is 5.56 Å². The minimum Gasteiger partial charge on any atom is -0.481 e. The number of pyridine rings is 1. The molecule has 1 atom stereocenters. The standard InChI is InChI=1S/C15H20N2O5/c1-22-8-6-15(14(20)21)5-2-7-17(10-15)13(19)11-3-4-12(18)16-9-11/h3-4,9H,2,5-8,10H2,1H3,(H,16,18)(H,20,21)/t15-/m1/s1. The Labute approximate surface area is 127 Å². The third kappa shape index (κ3) is 3.36. The van der Waals surface area contributed by atoms with Crippen molar-refractivity contribution in [3.8, 4) is 0 Å². The van der Waals surface area contributed by atoms with E-state index in [9.17, 15) is 19.5 Å². The van der Waals surface area contributed by atoms with Crippen molar-refractivity contribution in [2.24, 2.45) is 5.41 Å². The second-order valence-electron chi connectivity index (χ2n) is 5.60. The SMILES string of the molecule is COCC[C@]1(C(=O)O)CCCN(C(=O)c2ccc(=O)[nH]c2)C1. The Morgan fingerprint density at radius 3 is 2.82 bits per heavy atom. The van der Waals surface area contributed by atoms with Gasteiger partial charge in [0, 0.05) is 39.1 Å². The number of piperidine rings is 1. The molecule has 22 heavy (non-hydrogen) atoms. The zero-order chi connectivity index (χ0) is 16.2. The summed E-state index contributed by atoms with van der Waals surface area (Å²) in [4.78, 5) is 39.2. The third-order valence-electron chi connectivity index (χ3n) is 4.13. The van der Waals surface area contributed by atoms with Crippen molar-refractivity contribution in [3.05, 3.63) is 34.2 Å². The van der Waals surface area contributed by atoms with Gasteiger partial charge < -0.3 is 19.7 Å². The maximum Gasteiger partial charge on any atom is 0.311 e. The molecule has 2 rings (SSSR count). The van der Waals surface area contributed by atoms with Crippen LogP contribution in [-0.2, 0) is 9.53 Å². The number of amides is 1. The monoisotopic (exact) mass is 308 g/mol. The average Bonchev–Trinajstić information content (AvgIpc) is 2.53. The molecular weight excluding hydrogens is 288 g/mol. The van der Waals surface area contributed by atoms with Crippen molar-refractivity contribution < 1.29 is 19.4 Å². The summed E-state index contributed by atoms with van der Waals surface area (Å²) in [5, 5.41) is 9.58. The van der Waals surface area contributed by atoms with Crippen LogP contribution in [0.25, 0.3) is 0 Å². The van der Waals surface area contributed by atoms with Crippen LogP contribution in [0.4, 0.5) is 0 Å². The van der Waals surface area contributed by atoms with Crippen LogP contribution < -0.4 is 5.56 Å². The number of hydrogen-bond donors (Lipinski definition) is 2. The van der Waals surface area contributed by atoms with E-state index in [1.54, 1.807) is 4.90 Å². The summed E-state index contributed by atoms with van der Waals surface area (Å²) in [6.45, 7) is 1.01. The van der Waals surface area contributed by atoms with Gasteiger partial charge in [-0.15, -0.1) is 0 Å². The molecule has 7 nitrogen and oxygen atoms in total. The highest BCUT2D eigenvalue weighted by Gasteiger charge is 2.43. The van der Waals surface area contributed by atoms with Gasteiger partial charge in [0.25, 0.3) is 5.91 Å². The Morgan fingerprint density at radius 2 is 2.23 bits per heavy atom. The van der Waals surface area contributed by atoms with E-state index >= 15 is 0 Å². The number of rotatable bonds is 5. The Balaban J connectivity index is 2.17. The Bertz CT molecular complexity index is 592. The van der Waals surface area contributed by atoms with Crippen molar-refractivity contribution in [1.29, 1.82) is 0 Å². The van der Waals surface area contributed by atoms with Crippen LogP contribution in [0.15, 0.2) is 23.1 Å². The molecular formula is C15H20N2O5. The van der Waals surface area contributed by atoms with Crippen LogP contribution in [0.2, 0.25) is 0 Å². The number of likely N-dealkylation sites (tertiary alicyclic amines) is 1. The number of aromatic nitrogens is 1. The predicted octanol–water partition coefficient (Wildman–Crippen LogP) is 0.718. The van der Waals surface area contributed by atoms with E-state index in [-0.39, 0.29) is 18.0 Å². The van der Waals surface area contributed by atoms with Crippen molar-refractivity contribution in [1.82, 2.24) is 9.88 Å². The summed E-state index contributed by atoms with van der Waals surface area (Å²) >= 11 is 0. The fraction of sp³-hybridized carbons (Fsp3) is 0.533. The van der Waals surface area contributed by atoms with Gasteiger partial charge in [-0.3, -0.25) is 14.4 Å². The lowest BCUT2D eigenvalue weighted by atomic mass is 9.77. The summed E-state index contributed by atoms with van der Waals surface area (Å²) in [5.41, 5.74) is -0.894. The number of carbonyl (C=O) groups is 2. The highest BCUT2D eigenvalue weighted by atomic mass is 16.5. The lowest BCUT2D eigenvalue weighted by Crippen LogP contribution is -2.50. The number of H-pyrrole nitrogens is 1. The molecule has 0 radical (unpaired) electrons. The lowest BCUT2D eigenvalue weighted by molar-refractivity contribution is -0.153. The quantitative estimate of drug-likeness (QED) is 0.835. The average molecular weight is 308 g/mol. The van der Waals surface area contributed by atoms with Crippen LogP contribution in [0.3, 0.4) is 0 Å². The van der Waals surface area contributed by atoms with Crippen molar-refractivity contribution in [3.63, 3.8) is 0 Å². The minimum atomic E-state index is -0.966. The molecule has 1 saturated heterocycles. The van der Waals surface area contributed by atoms with E-state index in [1.165, 1.54) is 25.4 Å². The zero-order valence-electron chi connectivity index (χ0n) is 12.5. The first kappa shape index (κ1) is 16.2. The molecule has 1 aliphatic rings. The van der Waals surface area contributed by atoms with Crippen LogP contribution in [-0.4, -0.2) is 53.7 Å². The number of carboxylic acids is 1. The van der Waals surface area contributed by atoms with E-state index in [4.69, 9.17) is 4.74 Å². The normalized spacial score (nSPS) is 21.6. The largest absolute Gasteiger partial charge is 0.481 e. The molecule has 0 aliphatic carbocycles. The zero-order valence-corrected chi connectivity index (χ0v) is 12.5. The summed E-state index contributed by atoms with van der Waals surface area (Å²) < 4.78 is 5.01. The van der Waals surface area contributed by atoms with E-state index in [0.717, 1.165) is 0 Å². The van der Waals surface area contributed by atoms with E-state index in [2.05, 4.69) is 4.98 Å². The van der Waals surface area contributed by atoms with Crippen molar-refractivity contribution >= 4 is 11.9 Å². The van der Waals surface area contributed by atoms with Gasteiger partial charge in [-0.25, -0.2) is 0 Å². The first-order valence-electron chi connectivity index (χ1n) is 7.19. The van der Waals surface area contributed by atoms with E-state index in [1.807, 2.05) is 0 Å². The molecule has 0 saturated carbocycles. The van der Waals surface area contributed by atoms with Gasteiger partial charge in [0.05, 0.1) is 11.0 Å². The number of hydrogen-bond acceptors (Lipinski definition) is 4. The number of carbonyl (C=O) groups excluding carboxylic acids is 1. The molecule has 0 bridgehead atoms. The van der Waals surface area contributed by atoms with Crippen molar-refractivity contribution in [2.75, 3.05) is 26.8 Å². The molecule has 120 valence electrons. The first-order chi connectivity index (χ1) is 10.5. The fourth-order valence-corrected chi connectivity index (χ4v) is 2.81. The molecule has 1 amide bonds. The van der Waals surface area contributed by atoms with Gasteiger partial charge in [0.15, 0.2) is 0 Å². The Morgan fingerprint density at radius 1 is 1.45 bits per heavy atom. The molecule has 0 unspecified atom stereocenters. The molecule has 1 aromatic heterocycles. The Hall–Kier alpha value is -2.15. The van der Waals surface area contributed by atoms with Crippen LogP contribution in [0.5, 0.6) is 0 Å². The molecule has 1 aromatic rings. The minimum absolute atomic E-state index is 0.156. The number of methoxy groups -OCH3 is 1. The highest BCUT2D eigenvalue weighted by molar-refractivity contribution is 5.94. The van der Waals surface area contributed by atoms with E-state index < -0.39 is 11.4 Å². The van der Waals surface area contributed by atoms with Crippen LogP contribution >= 0.6 is 0 Å². The lowest BCUT2D eigenvalue weighted by Gasteiger charge is -2.39. The molecule has 1 fully saturated rings. The van der Waals surface area contributed by atoms with Crippen LogP contribution in [0.1, 0.15) is 29.6 Å². The molecule has 0 aromatic carbocycles. The highest BCUT2D eigenvalue weighted by Crippen LogP contribution is 2.34. The summed E-state index contributed by atoms with van der Waals surface area (Å²) in [6.07, 6.45) is 2.89. The summed E-state index contributed by atoms with van der Waals surface area (Å²) in [6, 6.07) is 2.74. The smallest absolute Gasteiger partial charge is 0.311 e. The Kier molecular flexibility index (Phi) is 4.97. The van der Waals surface area contributed by atoms with Gasteiger partial charge in [-0.05, 0) is 25.3 Å². The number of nitrogens with zero attached hydrogens (tertiary/aromatic N) is 1. The second-order valence-corrected chi connectivity index (χ2v) is 5.60. The first-order valence-corrected chi connectivity index (χ1v) is 7.19. The molecule has 1 aliphatic heterocycles. The summed E-state index contributed by atoms with van der Waals surface area (Å²) in [7, 11) is 1.53. The van der Waals surface area contributed by atoms with Crippen molar-refractivity contribution in [2.45, 2.75) is 19.3 Å². The number of carboxylic acid groups (broad SMARTS) is 1. The van der Waals surface area contributed by atoms with Gasteiger partial charge in [-0.1, -0.05) is 0 Å². The topological polar surface area (TPSA) is 99.7 Å². The van der Waals surface area contributed by atoms with Gasteiger partial charge in [0.1, 0.15) is 0 Å². The number of aromatic amines is 1. The molecule has 2 heterocycles. The van der Waals surface area contributed by atoms with Crippen LogP contribution in [0, 0.1) is 5.41 Å².